The van der Waals surface area contributed by atoms with Crippen LogP contribution in [0.5, 0.6) is 0 Å². The fourth-order valence-corrected chi connectivity index (χ4v) is 2.50. The fourth-order valence-electron chi connectivity index (χ4n) is 2.17. The molecule has 0 radical (unpaired) electrons. The fraction of sp³-hybridized carbons (Fsp3) is 0.625. The SMILES string of the molecule is CCCCCCCC(Cl)Cc1cccc(C)c1. The molecule has 17 heavy (non-hydrogen) atoms. The second kappa shape index (κ2) is 8.58. The second-order valence-corrected chi connectivity index (χ2v) is 5.61. The van der Waals surface area contributed by atoms with E-state index < -0.39 is 0 Å². The number of alkyl halides is 1. The minimum Gasteiger partial charge on any atom is -0.123 e. The summed E-state index contributed by atoms with van der Waals surface area (Å²) in [6.07, 6.45) is 8.82. The molecule has 0 heterocycles. The molecule has 96 valence electrons. The highest BCUT2D eigenvalue weighted by Gasteiger charge is 2.05. The third-order valence-electron chi connectivity index (χ3n) is 3.16. The van der Waals surface area contributed by atoms with E-state index in [1.807, 2.05) is 0 Å². The van der Waals surface area contributed by atoms with Gasteiger partial charge in [0.25, 0.3) is 0 Å². The average molecular weight is 253 g/mol. The van der Waals surface area contributed by atoms with Crippen molar-refractivity contribution in [2.24, 2.45) is 0 Å². The highest BCUT2D eigenvalue weighted by Crippen LogP contribution is 2.16. The Morgan fingerprint density at radius 2 is 1.88 bits per heavy atom. The van der Waals surface area contributed by atoms with Crippen molar-refractivity contribution >= 4 is 11.6 Å². The number of unbranched alkanes of at least 4 members (excludes halogenated alkanes) is 4. The smallest absolute Gasteiger partial charge is 0.0376 e. The van der Waals surface area contributed by atoms with Crippen molar-refractivity contribution in [3.05, 3.63) is 35.4 Å². The summed E-state index contributed by atoms with van der Waals surface area (Å²) >= 11 is 6.38. The zero-order valence-corrected chi connectivity index (χ0v) is 12.0. The minimum atomic E-state index is 0.304. The van der Waals surface area contributed by atoms with Gasteiger partial charge in [0.15, 0.2) is 0 Å². The number of rotatable bonds is 8. The first kappa shape index (κ1) is 14.6. The Balaban J connectivity index is 2.18. The normalized spacial score (nSPS) is 12.6. The van der Waals surface area contributed by atoms with Crippen LogP contribution in [0.4, 0.5) is 0 Å². The number of halogens is 1. The van der Waals surface area contributed by atoms with Crippen LogP contribution in [0, 0.1) is 6.92 Å². The predicted molar refractivity (Wildman–Crippen MR) is 77.9 cm³/mol. The van der Waals surface area contributed by atoms with E-state index in [0.717, 1.165) is 12.8 Å². The van der Waals surface area contributed by atoms with E-state index in [-0.39, 0.29) is 0 Å². The Morgan fingerprint density at radius 3 is 2.59 bits per heavy atom. The third-order valence-corrected chi connectivity index (χ3v) is 3.53. The second-order valence-electron chi connectivity index (χ2n) is 4.99. The minimum absolute atomic E-state index is 0.304. The molecule has 1 unspecified atom stereocenters. The topological polar surface area (TPSA) is 0 Å². The molecule has 0 aliphatic carbocycles. The molecule has 0 aliphatic rings. The molecule has 0 aliphatic heterocycles. The zero-order valence-electron chi connectivity index (χ0n) is 11.2. The monoisotopic (exact) mass is 252 g/mol. The number of benzene rings is 1. The van der Waals surface area contributed by atoms with E-state index in [9.17, 15) is 0 Å². The number of hydrogen-bond acceptors (Lipinski definition) is 0. The summed E-state index contributed by atoms with van der Waals surface area (Å²) in [4.78, 5) is 0. The maximum Gasteiger partial charge on any atom is 0.0376 e. The third kappa shape index (κ3) is 6.73. The summed E-state index contributed by atoms with van der Waals surface area (Å²) in [5.41, 5.74) is 2.70. The maximum absolute atomic E-state index is 6.38. The number of hydrogen-bond donors (Lipinski definition) is 0. The van der Waals surface area contributed by atoms with Crippen molar-refractivity contribution in [1.29, 1.82) is 0 Å². The Kier molecular flexibility index (Phi) is 7.35. The lowest BCUT2D eigenvalue weighted by Crippen LogP contribution is -2.03. The highest BCUT2D eigenvalue weighted by molar-refractivity contribution is 6.20. The molecule has 0 saturated carbocycles. The Labute approximate surface area is 111 Å². The van der Waals surface area contributed by atoms with Gasteiger partial charge in [-0.2, -0.15) is 0 Å². The first-order valence-electron chi connectivity index (χ1n) is 6.92. The molecule has 1 aromatic rings. The molecule has 1 atom stereocenters. The molecular formula is C16H25Cl. The van der Waals surface area contributed by atoms with Gasteiger partial charge in [-0.15, -0.1) is 11.6 Å². The predicted octanol–water partition coefficient (Wildman–Crippen LogP) is 5.51. The largest absolute Gasteiger partial charge is 0.123 e. The van der Waals surface area contributed by atoms with E-state index in [0.29, 0.717) is 5.38 Å². The van der Waals surface area contributed by atoms with Gasteiger partial charge in [-0.05, 0) is 25.3 Å². The van der Waals surface area contributed by atoms with E-state index >= 15 is 0 Å². The van der Waals surface area contributed by atoms with E-state index in [2.05, 4.69) is 38.1 Å². The summed E-state index contributed by atoms with van der Waals surface area (Å²) in [6.45, 7) is 4.39. The lowest BCUT2D eigenvalue weighted by Gasteiger charge is -2.09. The van der Waals surface area contributed by atoms with Crippen LogP contribution in [0.25, 0.3) is 0 Å². The van der Waals surface area contributed by atoms with Gasteiger partial charge in [0.2, 0.25) is 0 Å². The molecule has 1 heteroatoms. The van der Waals surface area contributed by atoms with Gasteiger partial charge in [0.1, 0.15) is 0 Å². The van der Waals surface area contributed by atoms with Crippen LogP contribution in [0.1, 0.15) is 56.6 Å². The summed E-state index contributed by atoms with van der Waals surface area (Å²) in [6, 6.07) is 8.68. The molecule has 0 amide bonds. The molecule has 0 nitrogen and oxygen atoms in total. The summed E-state index contributed by atoms with van der Waals surface area (Å²) in [5, 5.41) is 0.304. The summed E-state index contributed by atoms with van der Waals surface area (Å²) in [5.74, 6) is 0. The molecule has 1 aromatic carbocycles. The summed E-state index contributed by atoms with van der Waals surface area (Å²) < 4.78 is 0. The summed E-state index contributed by atoms with van der Waals surface area (Å²) in [7, 11) is 0. The molecule has 1 rings (SSSR count). The Bertz CT molecular complexity index is 306. The molecule has 0 spiro atoms. The van der Waals surface area contributed by atoms with Gasteiger partial charge in [-0.25, -0.2) is 0 Å². The van der Waals surface area contributed by atoms with Crippen molar-refractivity contribution in [1.82, 2.24) is 0 Å². The standard InChI is InChI=1S/C16H25Cl/c1-3-4-5-6-7-11-16(17)13-15-10-8-9-14(2)12-15/h8-10,12,16H,3-7,11,13H2,1-2H3. The molecule has 0 saturated heterocycles. The van der Waals surface area contributed by atoms with Crippen LogP contribution in [-0.4, -0.2) is 5.38 Å². The van der Waals surface area contributed by atoms with Crippen molar-refractivity contribution in [2.45, 2.75) is 64.2 Å². The molecule has 0 N–H and O–H groups in total. The first-order valence-corrected chi connectivity index (χ1v) is 7.35. The van der Waals surface area contributed by atoms with Crippen LogP contribution in [-0.2, 0) is 6.42 Å². The Hall–Kier alpha value is -0.490. The van der Waals surface area contributed by atoms with Crippen LogP contribution < -0.4 is 0 Å². The van der Waals surface area contributed by atoms with Crippen LogP contribution in [0.15, 0.2) is 24.3 Å². The lowest BCUT2D eigenvalue weighted by atomic mass is 10.0. The zero-order chi connectivity index (χ0) is 12.5. The van der Waals surface area contributed by atoms with Crippen molar-refractivity contribution < 1.29 is 0 Å². The average Bonchev–Trinajstić information content (AvgIpc) is 2.29. The number of aryl methyl sites for hydroxylation is 1. The van der Waals surface area contributed by atoms with Gasteiger partial charge in [0.05, 0.1) is 0 Å². The molecular weight excluding hydrogens is 228 g/mol. The van der Waals surface area contributed by atoms with E-state index in [1.165, 1.54) is 43.2 Å². The van der Waals surface area contributed by atoms with Crippen LogP contribution in [0.3, 0.4) is 0 Å². The van der Waals surface area contributed by atoms with Crippen LogP contribution in [0.2, 0.25) is 0 Å². The van der Waals surface area contributed by atoms with Gasteiger partial charge < -0.3 is 0 Å². The van der Waals surface area contributed by atoms with Gasteiger partial charge in [-0.1, -0.05) is 68.9 Å². The van der Waals surface area contributed by atoms with Crippen LogP contribution >= 0.6 is 11.6 Å². The highest BCUT2D eigenvalue weighted by atomic mass is 35.5. The van der Waals surface area contributed by atoms with Crippen molar-refractivity contribution in [2.75, 3.05) is 0 Å². The lowest BCUT2D eigenvalue weighted by molar-refractivity contribution is 0.593. The quantitative estimate of drug-likeness (QED) is 0.423. The van der Waals surface area contributed by atoms with Gasteiger partial charge >= 0.3 is 0 Å². The van der Waals surface area contributed by atoms with E-state index in [4.69, 9.17) is 11.6 Å². The Morgan fingerprint density at radius 1 is 1.12 bits per heavy atom. The maximum atomic E-state index is 6.38. The molecule has 0 bridgehead atoms. The molecule has 0 fully saturated rings. The van der Waals surface area contributed by atoms with Crippen molar-refractivity contribution in [3.63, 3.8) is 0 Å². The van der Waals surface area contributed by atoms with Gasteiger partial charge in [0, 0.05) is 5.38 Å². The van der Waals surface area contributed by atoms with Gasteiger partial charge in [-0.3, -0.25) is 0 Å². The molecule has 0 aromatic heterocycles. The van der Waals surface area contributed by atoms with Crippen molar-refractivity contribution in [3.8, 4) is 0 Å². The first-order chi connectivity index (χ1) is 8.22. The van der Waals surface area contributed by atoms with E-state index in [1.54, 1.807) is 0 Å².